The van der Waals surface area contributed by atoms with Crippen LogP contribution >= 0.6 is 0 Å². The molecule has 1 aromatic carbocycles. The number of ether oxygens (including phenoxy) is 2. The Labute approximate surface area is 124 Å². The number of nitrogens with one attached hydrogen (secondary N) is 1. The monoisotopic (exact) mass is 295 g/mol. The molecule has 6 heteroatoms. The minimum Gasteiger partial charge on any atom is -0.497 e. The van der Waals surface area contributed by atoms with Crippen LogP contribution in [0.2, 0.25) is 0 Å². The minimum atomic E-state index is -1.10. The van der Waals surface area contributed by atoms with Gasteiger partial charge in [-0.15, -0.1) is 0 Å². The Bertz CT molecular complexity index is 513. The highest BCUT2D eigenvalue weighted by Gasteiger charge is 2.19. The van der Waals surface area contributed by atoms with Gasteiger partial charge >= 0.3 is 5.97 Å². The van der Waals surface area contributed by atoms with E-state index < -0.39 is 17.9 Å². The molecule has 1 rings (SSSR count). The Kier molecular flexibility index (Phi) is 6.02. The summed E-state index contributed by atoms with van der Waals surface area (Å²) < 4.78 is 10.7. The number of benzene rings is 1. The van der Waals surface area contributed by atoms with E-state index in [-0.39, 0.29) is 5.56 Å². The predicted molar refractivity (Wildman–Crippen MR) is 77.9 cm³/mol. The molecule has 116 valence electrons. The summed E-state index contributed by atoms with van der Waals surface area (Å²) in [6, 6.07) is 3.82. The fourth-order valence-electron chi connectivity index (χ4n) is 1.53. The maximum atomic E-state index is 12.1. The second-order valence-electron chi connectivity index (χ2n) is 5.10. The minimum absolute atomic E-state index is 0.282. The van der Waals surface area contributed by atoms with E-state index in [1.165, 1.54) is 14.0 Å². The Morgan fingerprint density at radius 3 is 2.48 bits per heavy atom. The summed E-state index contributed by atoms with van der Waals surface area (Å²) in [4.78, 5) is 22.9. The molecule has 0 aromatic heterocycles. The smallest absolute Gasteiger partial charge is 0.325 e. The lowest BCUT2D eigenvalue weighted by Crippen LogP contribution is -2.38. The van der Waals surface area contributed by atoms with Crippen molar-refractivity contribution in [2.45, 2.75) is 26.8 Å². The van der Waals surface area contributed by atoms with Gasteiger partial charge in [0.25, 0.3) is 5.91 Å². The van der Waals surface area contributed by atoms with Crippen LogP contribution in [0.4, 0.5) is 0 Å². The van der Waals surface area contributed by atoms with E-state index in [0.29, 0.717) is 24.0 Å². The first-order chi connectivity index (χ1) is 9.85. The largest absolute Gasteiger partial charge is 0.497 e. The average molecular weight is 295 g/mol. The summed E-state index contributed by atoms with van der Waals surface area (Å²) >= 11 is 0. The van der Waals surface area contributed by atoms with Crippen LogP contribution in [-0.4, -0.2) is 36.7 Å². The van der Waals surface area contributed by atoms with Crippen molar-refractivity contribution in [1.82, 2.24) is 5.32 Å². The zero-order valence-corrected chi connectivity index (χ0v) is 12.7. The van der Waals surface area contributed by atoms with Crippen molar-refractivity contribution in [2.75, 3.05) is 13.7 Å². The van der Waals surface area contributed by atoms with Gasteiger partial charge in [0.2, 0.25) is 0 Å². The van der Waals surface area contributed by atoms with Crippen LogP contribution in [0, 0.1) is 5.92 Å². The molecule has 0 saturated carbocycles. The third kappa shape index (κ3) is 4.98. The Hall–Kier alpha value is -2.24. The lowest BCUT2D eigenvalue weighted by atomic mass is 10.1. The first kappa shape index (κ1) is 16.8. The zero-order chi connectivity index (χ0) is 16.0. The molecular formula is C15H21NO5. The molecule has 2 N–H and O–H groups in total. The van der Waals surface area contributed by atoms with Gasteiger partial charge < -0.3 is 19.9 Å². The summed E-state index contributed by atoms with van der Waals surface area (Å²) in [5.41, 5.74) is 0.282. The van der Waals surface area contributed by atoms with Crippen molar-refractivity contribution in [3.05, 3.63) is 23.8 Å². The Balaban J connectivity index is 2.98. The van der Waals surface area contributed by atoms with E-state index in [4.69, 9.17) is 14.6 Å². The molecule has 1 aromatic rings. The summed E-state index contributed by atoms with van der Waals surface area (Å²) in [5.74, 6) is -0.354. The van der Waals surface area contributed by atoms with Crippen LogP contribution in [0.1, 0.15) is 31.1 Å². The first-order valence-corrected chi connectivity index (χ1v) is 6.69. The maximum Gasteiger partial charge on any atom is 0.325 e. The number of aliphatic carboxylic acids is 1. The molecule has 0 spiro atoms. The van der Waals surface area contributed by atoms with Crippen molar-refractivity contribution in [1.29, 1.82) is 0 Å². The third-order valence-corrected chi connectivity index (χ3v) is 2.72. The SMILES string of the molecule is COc1ccc(C(=O)NC(C)C(=O)O)c(OCC(C)C)c1. The first-order valence-electron chi connectivity index (χ1n) is 6.69. The van der Waals surface area contributed by atoms with Crippen LogP contribution in [0.25, 0.3) is 0 Å². The van der Waals surface area contributed by atoms with Crippen molar-refractivity contribution >= 4 is 11.9 Å². The third-order valence-electron chi connectivity index (χ3n) is 2.72. The number of hydrogen-bond donors (Lipinski definition) is 2. The Morgan fingerprint density at radius 1 is 1.29 bits per heavy atom. The highest BCUT2D eigenvalue weighted by Crippen LogP contribution is 2.25. The molecule has 6 nitrogen and oxygen atoms in total. The van der Waals surface area contributed by atoms with Crippen LogP contribution < -0.4 is 14.8 Å². The van der Waals surface area contributed by atoms with E-state index in [1.54, 1.807) is 18.2 Å². The number of carboxylic acid groups (broad SMARTS) is 1. The summed E-state index contributed by atoms with van der Waals surface area (Å²) in [5, 5.41) is 11.2. The fraction of sp³-hybridized carbons (Fsp3) is 0.467. The summed E-state index contributed by atoms with van der Waals surface area (Å²) in [6.45, 7) is 5.83. The van der Waals surface area contributed by atoms with Gasteiger partial charge in [-0.05, 0) is 25.0 Å². The number of methoxy groups -OCH3 is 1. The zero-order valence-electron chi connectivity index (χ0n) is 12.7. The lowest BCUT2D eigenvalue weighted by Gasteiger charge is -2.15. The molecule has 0 radical (unpaired) electrons. The average Bonchev–Trinajstić information content (AvgIpc) is 2.44. The van der Waals surface area contributed by atoms with E-state index in [2.05, 4.69) is 5.32 Å². The molecule has 0 aliphatic carbocycles. The molecule has 0 fully saturated rings. The fourth-order valence-corrected chi connectivity index (χ4v) is 1.53. The molecule has 1 amide bonds. The van der Waals surface area contributed by atoms with Crippen LogP contribution in [0.5, 0.6) is 11.5 Å². The van der Waals surface area contributed by atoms with Gasteiger partial charge in [-0.3, -0.25) is 9.59 Å². The molecule has 1 atom stereocenters. The van der Waals surface area contributed by atoms with Gasteiger partial charge in [-0.25, -0.2) is 0 Å². The molecule has 0 aliphatic heterocycles. The number of hydrogen-bond acceptors (Lipinski definition) is 4. The summed E-state index contributed by atoms with van der Waals surface area (Å²) in [6.07, 6.45) is 0. The van der Waals surface area contributed by atoms with Gasteiger partial charge in [0, 0.05) is 6.07 Å². The van der Waals surface area contributed by atoms with Gasteiger partial charge in [-0.2, -0.15) is 0 Å². The standard InChI is InChI=1S/C15H21NO5/c1-9(2)8-21-13-7-11(20-4)5-6-12(13)14(17)16-10(3)15(18)19/h5-7,9-10H,8H2,1-4H3,(H,16,17)(H,18,19). The molecule has 0 aliphatic rings. The molecule has 1 unspecified atom stereocenters. The molecule has 0 heterocycles. The van der Waals surface area contributed by atoms with E-state index in [9.17, 15) is 9.59 Å². The van der Waals surface area contributed by atoms with Gasteiger partial charge in [-0.1, -0.05) is 13.8 Å². The van der Waals surface area contributed by atoms with Crippen molar-refractivity contribution in [3.8, 4) is 11.5 Å². The van der Waals surface area contributed by atoms with Crippen LogP contribution in [-0.2, 0) is 4.79 Å². The summed E-state index contributed by atoms with van der Waals surface area (Å²) in [7, 11) is 1.52. The Morgan fingerprint density at radius 2 is 1.95 bits per heavy atom. The van der Waals surface area contributed by atoms with Gasteiger partial charge in [0.05, 0.1) is 19.3 Å². The second-order valence-corrected chi connectivity index (χ2v) is 5.10. The molecule has 0 saturated heterocycles. The van der Waals surface area contributed by atoms with E-state index >= 15 is 0 Å². The topological polar surface area (TPSA) is 84.9 Å². The van der Waals surface area contributed by atoms with Crippen molar-refractivity contribution in [2.24, 2.45) is 5.92 Å². The van der Waals surface area contributed by atoms with E-state index in [1.807, 2.05) is 13.8 Å². The molecule has 0 bridgehead atoms. The number of carboxylic acids is 1. The predicted octanol–water partition coefficient (Wildman–Crippen LogP) is 1.93. The second kappa shape index (κ2) is 7.52. The quantitative estimate of drug-likeness (QED) is 0.803. The number of amides is 1. The van der Waals surface area contributed by atoms with E-state index in [0.717, 1.165) is 0 Å². The molecule has 21 heavy (non-hydrogen) atoms. The number of carbonyl (C=O) groups is 2. The van der Waals surface area contributed by atoms with Gasteiger partial charge in [0.15, 0.2) is 0 Å². The highest BCUT2D eigenvalue weighted by atomic mass is 16.5. The van der Waals surface area contributed by atoms with Crippen LogP contribution in [0.3, 0.4) is 0 Å². The lowest BCUT2D eigenvalue weighted by molar-refractivity contribution is -0.138. The number of rotatable bonds is 7. The number of carbonyl (C=O) groups excluding carboxylic acids is 1. The normalized spacial score (nSPS) is 11.9. The maximum absolute atomic E-state index is 12.1. The molecular weight excluding hydrogens is 274 g/mol. The van der Waals surface area contributed by atoms with Crippen molar-refractivity contribution < 1.29 is 24.2 Å². The highest BCUT2D eigenvalue weighted by molar-refractivity contribution is 5.99. The van der Waals surface area contributed by atoms with Gasteiger partial charge in [0.1, 0.15) is 17.5 Å². The van der Waals surface area contributed by atoms with Crippen molar-refractivity contribution in [3.63, 3.8) is 0 Å². The van der Waals surface area contributed by atoms with Crippen LogP contribution in [0.15, 0.2) is 18.2 Å².